The molecule has 0 fully saturated rings. The summed E-state index contributed by atoms with van der Waals surface area (Å²) in [7, 11) is -4.23. The van der Waals surface area contributed by atoms with Crippen molar-refractivity contribution in [1.82, 2.24) is 10.2 Å². The second-order valence-corrected chi connectivity index (χ2v) is 11.8. The highest BCUT2D eigenvalue weighted by Crippen LogP contribution is 2.25. The molecule has 7 nitrogen and oxygen atoms in total. The van der Waals surface area contributed by atoms with E-state index in [0.717, 1.165) is 33.1 Å². The smallest absolute Gasteiger partial charge is 0.264 e. The average molecular weight is 588 g/mol. The SMILES string of the molecule is CCNC(=O)[C@@H](Cc1ccccc1)N(Cc1cccc(C)c1)C(=O)CN(c1ccc(F)cc1)S(=O)(=O)c1ccccc1. The van der Waals surface area contributed by atoms with Crippen molar-refractivity contribution in [2.45, 2.75) is 37.8 Å². The predicted molar refractivity (Wildman–Crippen MR) is 162 cm³/mol. The topological polar surface area (TPSA) is 86.8 Å². The van der Waals surface area contributed by atoms with Gasteiger partial charge in [0.25, 0.3) is 10.0 Å². The van der Waals surface area contributed by atoms with Crippen LogP contribution in [0.2, 0.25) is 0 Å². The Balaban J connectivity index is 1.78. The summed E-state index contributed by atoms with van der Waals surface area (Å²) in [6, 6.07) is 28.7. The number of hydrogen-bond acceptors (Lipinski definition) is 4. The highest BCUT2D eigenvalue weighted by atomic mass is 32.2. The number of carbonyl (C=O) groups excluding carboxylic acids is 2. The van der Waals surface area contributed by atoms with Crippen LogP contribution in [0.1, 0.15) is 23.6 Å². The molecule has 218 valence electrons. The number of rotatable bonds is 12. The van der Waals surface area contributed by atoms with Crippen molar-refractivity contribution in [3.63, 3.8) is 0 Å². The molecule has 1 atom stereocenters. The molecule has 4 aromatic rings. The third-order valence-corrected chi connectivity index (χ3v) is 8.57. The Bertz CT molecular complexity index is 1600. The molecule has 42 heavy (non-hydrogen) atoms. The zero-order valence-corrected chi connectivity index (χ0v) is 24.4. The van der Waals surface area contributed by atoms with Gasteiger partial charge in [-0.05, 0) is 61.4 Å². The molecule has 0 bridgehead atoms. The third kappa shape index (κ3) is 7.61. The fourth-order valence-corrected chi connectivity index (χ4v) is 6.14. The van der Waals surface area contributed by atoms with Gasteiger partial charge in [0.1, 0.15) is 18.4 Å². The lowest BCUT2D eigenvalue weighted by Gasteiger charge is -2.34. The second-order valence-electron chi connectivity index (χ2n) is 9.91. The molecular formula is C33H34FN3O4S. The van der Waals surface area contributed by atoms with E-state index in [2.05, 4.69) is 5.32 Å². The van der Waals surface area contributed by atoms with Gasteiger partial charge in [0.05, 0.1) is 10.6 Å². The molecule has 0 saturated heterocycles. The Kier molecular flexibility index (Phi) is 10.1. The summed E-state index contributed by atoms with van der Waals surface area (Å²) < 4.78 is 42.5. The summed E-state index contributed by atoms with van der Waals surface area (Å²) in [5, 5.41) is 2.84. The number of anilines is 1. The van der Waals surface area contributed by atoms with Crippen molar-refractivity contribution in [2.24, 2.45) is 0 Å². The molecule has 0 saturated carbocycles. The maximum Gasteiger partial charge on any atom is 0.264 e. The quantitative estimate of drug-likeness (QED) is 0.250. The molecule has 0 aliphatic heterocycles. The predicted octanol–water partition coefficient (Wildman–Crippen LogP) is 5.11. The van der Waals surface area contributed by atoms with Crippen LogP contribution in [0.4, 0.5) is 10.1 Å². The first-order valence-corrected chi connectivity index (χ1v) is 15.1. The minimum atomic E-state index is -4.23. The number of hydrogen-bond donors (Lipinski definition) is 1. The molecule has 0 radical (unpaired) electrons. The fraction of sp³-hybridized carbons (Fsp3) is 0.212. The van der Waals surface area contributed by atoms with Crippen LogP contribution < -0.4 is 9.62 Å². The Morgan fingerprint density at radius 3 is 2.07 bits per heavy atom. The van der Waals surface area contributed by atoms with Gasteiger partial charge in [-0.3, -0.25) is 13.9 Å². The Labute approximate surface area is 246 Å². The van der Waals surface area contributed by atoms with E-state index >= 15 is 0 Å². The lowest BCUT2D eigenvalue weighted by atomic mass is 10.0. The number of sulfonamides is 1. The van der Waals surface area contributed by atoms with Crippen LogP contribution in [-0.4, -0.2) is 44.3 Å². The minimum absolute atomic E-state index is 0.0167. The van der Waals surface area contributed by atoms with E-state index in [1.807, 2.05) is 61.5 Å². The zero-order chi connectivity index (χ0) is 30.1. The van der Waals surface area contributed by atoms with Crippen LogP contribution in [0.15, 0.2) is 114 Å². The first kappa shape index (κ1) is 30.5. The van der Waals surface area contributed by atoms with Crippen LogP contribution in [0, 0.1) is 12.7 Å². The number of amides is 2. The summed E-state index contributed by atoms with van der Waals surface area (Å²) >= 11 is 0. The molecule has 4 aromatic carbocycles. The van der Waals surface area contributed by atoms with Gasteiger partial charge in [0.15, 0.2) is 0 Å². The molecular weight excluding hydrogens is 553 g/mol. The first-order valence-electron chi connectivity index (χ1n) is 13.7. The minimum Gasteiger partial charge on any atom is -0.355 e. The van der Waals surface area contributed by atoms with Gasteiger partial charge in [-0.25, -0.2) is 12.8 Å². The van der Waals surface area contributed by atoms with E-state index < -0.39 is 34.3 Å². The van der Waals surface area contributed by atoms with Crippen molar-refractivity contribution in [3.05, 3.63) is 132 Å². The number of aryl methyl sites for hydroxylation is 1. The second kappa shape index (κ2) is 13.9. The lowest BCUT2D eigenvalue weighted by Crippen LogP contribution is -2.53. The zero-order valence-electron chi connectivity index (χ0n) is 23.6. The van der Waals surface area contributed by atoms with Crippen molar-refractivity contribution >= 4 is 27.5 Å². The molecule has 0 heterocycles. The number of carbonyl (C=O) groups is 2. The van der Waals surface area contributed by atoms with Crippen LogP contribution in [-0.2, 0) is 32.6 Å². The lowest BCUT2D eigenvalue weighted by molar-refractivity contribution is -0.140. The number of nitrogens with one attached hydrogen (secondary N) is 1. The van der Waals surface area contributed by atoms with E-state index in [1.54, 1.807) is 25.1 Å². The summed E-state index contributed by atoms with van der Waals surface area (Å²) in [5.41, 5.74) is 2.76. The van der Waals surface area contributed by atoms with Gasteiger partial charge < -0.3 is 10.2 Å². The van der Waals surface area contributed by atoms with Gasteiger partial charge in [-0.1, -0.05) is 78.4 Å². The van der Waals surface area contributed by atoms with Gasteiger partial charge in [-0.15, -0.1) is 0 Å². The molecule has 0 aliphatic rings. The summed E-state index contributed by atoms with van der Waals surface area (Å²) in [6.07, 6.45) is 0.228. The molecule has 0 aromatic heterocycles. The largest absolute Gasteiger partial charge is 0.355 e. The van der Waals surface area contributed by atoms with Gasteiger partial charge in [0.2, 0.25) is 11.8 Å². The van der Waals surface area contributed by atoms with E-state index in [9.17, 15) is 22.4 Å². The molecule has 2 amide bonds. The molecule has 0 spiro atoms. The van der Waals surface area contributed by atoms with Crippen LogP contribution in [0.5, 0.6) is 0 Å². The maximum absolute atomic E-state index is 14.3. The van der Waals surface area contributed by atoms with E-state index in [4.69, 9.17) is 0 Å². The highest BCUT2D eigenvalue weighted by molar-refractivity contribution is 7.92. The van der Waals surface area contributed by atoms with E-state index in [-0.39, 0.29) is 29.5 Å². The molecule has 0 unspecified atom stereocenters. The summed E-state index contributed by atoms with van der Waals surface area (Å²) in [5.74, 6) is -1.46. The Hall–Kier alpha value is -4.50. The number of likely N-dealkylation sites (N-methyl/N-ethyl adjacent to an activating group) is 1. The number of halogens is 1. The first-order chi connectivity index (χ1) is 20.2. The highest BCUT2D eigenvalue weighted by Gasteiger charge is 2.34. The molecule has 1 N–H and O–H groups in total. The summed E-state index contributed by atoms with van der Waals surface area (Å²) in [6.45, 7) is 3.58. The van der Waals surface area contributed by atoms with Gasteiger partial charge >= 0.3 is 0 Å². The van der Waals surface area contributed by atoms with Crippen molar-refractivity contribution in [2.75, 3.05) is 17.4 Å². The van der Waals surface area contributed by atoms with E-state index in [0.29, 0.717) is 6.54 Å². The number of nitrogens with zero attached hydrogens (tertiary/aromatic N) is 2. The standard InChI is InChI=1S/C33H34FN3O4S/c1-3-35-33(39)31(22-26-12-6-4-7-13-26)36(23-27-14-10-11-25(2)21-27)32(38)24-37(29-19-17-28(34)18-20-29)42(40,41)30-15-8-5-9-16-30/h4-21,31H,3,22-24H2,1-2H3,(H,35,39)/t31-/m1/s1. The molecule has 4 rings (SSSR count). The van der Waals surface area contributed by atoms with Crippen molar-refractivity contribution in [3.8, 4) is 0 Å². The Morgan fingerprint density at radius 1 is 0.833 bits per heavy atom. The third-order valence-electron chi connectivity index (χ3n) is 6.78. The number of benzene rings is 4. The monoisotopic (exact) mass is 587 g/mol. The Morgan fingerprint density at radius 2 is 1.45 bits per heavy atom. The van der Waals surface area contributed by atoms with Crippen molar-refractivity contribution < 1.29 is 22.4 Å². The molecule has 0 aliphatic carbocycles. The maximum atomic E-state index is 14.3. The van der Waals surface area contributed by atoms with E-state index in [1.165, 1.54) is 29.2 Å². The van der Waals surface area contributed by atoms with Crippen LogP contribution in [0.25, 0.3) is 0 Å². The van der Waals surface area contributed by atoms with Gasteiger partial charge in [-0.2, -0.15) is 0 Å². The van der Waals surface area contributed by atoms with Crippen molar-refractivity contribution in [1.29, 1.82) is 0 Å². The van der Waals surface area contributed by atoms with Crippen LogP contribution in [0.3, 0.4) is 0 Å². The van der Waals surface area contributed by atoms with Crippen LogP contribution >= 0.6 is 0 Å². The fourth-order valence-electron chi connectivity index (χ4n) is 4.71. The normalized spacial score (nSPS) is 11.9. The summed E-state index contributed by atoms with van der Waals surface area (Å²) in [4.78, 5) is 29.2. The molecule has 9 heteroatoms. The van der Waals surface area contributed by atoms with Gasteiger partial charge in [0, 0.05) is 19.5 Å². The average Bonchev–Trinajstić information content (AvgIpc) is 2.99.